The van der Waals surface area contributed by atoms with Crippen molar-refractivity contribution >= 4 is 28.4 Å². The highest BCUT2D eigenvalue weighted by Crippen LogP contribution is 2.30. The van der Waals surface area contributed by atoms with Gasteiger partial charge in [0.1, 0.15) is 5.82 Å². The summed E-state index contributed by atoms with van der Waals surface area (Å²) in [6.07, 6.45) is 1.95. The molecule has 1 unspecified atom stereocenters. The molecule has 0 radical (unpaired) electrons. The number of aromatic nitrogens is 1. The van der Waals surface area contributed by atoms with E-state index in [1.54, 1.807) is 12.1 Å². The summed E-state index contributed by atoms with van der Waals surface area (Å²) in [5.74, 6) is -0.243. The number of carbonyl (C=O) groups is 1. The van der Waals surface area contributed by atoms with E-state index in [0.29, 0.717) is 23.7 Å². The van der Waals surface area contributed by atoms with E-state index in [2.05, 4.69) is 11.1 Å². The highest BCUT2D eigenvalue weighted by molar-refractivity contribution is 6.31. The van der Waals surface area contributed by atoms with Gasteiger partial charge in [-0.25, -0.2) is 4.39 Å². The van der Waals surface area contributed by atoms with Crippen LogP contribution >= 0.6 is 11.6 Å². The molecular weight excluding hydrogens is 339 g/mol. The number of nitrogens with zero attached hydrogens (tertiary/aromatic N) is 1. The van der Waals surface area contributed by atoms with Crippen LogP contribution in [0.3, 0.4) is 0 Å². The van der Waals surface area contributed by atoms with Gasteiger partial charge in [0, 0.05) is 46.2 Å². The number of fused-ring (bicyclic) bond motifs is 1. The maximum atomic E-state index is 13.4. The van der Waals surface area contributed by atoms with E-state index in [-0.39, 0.29) is 17.6 Å². The molecular formula is C20H18ClFN2O. The number of hydrogen-bond donors (Lipinski definition) is 1. The van der Waals surface area contributed by atoms with Gasteiger partial charge in [0.25, 0.3) is 5.91 Å². The average Bonchev–Trinajstić information content (AvgIpc) is 3.04. The minimum absolute atomic E-state index is 0.108. The quantitative estimate of drug-likeness (QED) is 0.690. The molecule has 0 spiro atoms. The molecule has 3 nitrogen and oxygen atoms in total. The molecule has 25 heavy (non-hydrogen) atoms. The molecule has 1 saturated heterocycles. The van der Waals surface area contributed by atoms with Crippen molar-refractivity contribution < 1.29 is 9.18 Å². The van der Waals surface area contributed by atoms with Gasteiger partial charge in [-0.3, -0.25) is 4.79 Å². The molecule has 1 N–H and O–H groups in total. The maximum Gasteiger partial charge on any atom is 0.253 e. The van der Waals surface area contributed by atoms with Crippen LogP contribution in [-0.2, 0) is 0 Å². The van der Waals surface area contributed by atoms with E-state index in [1.807, 2.05) is 23.1 Å². The number of H-pyrrole nitrogens is 1. The molecule has 128 valence electrons. The van der Waals surface area contributed by atoms with E-state index in [4.69, 9.17) is 11.6 Å². The summed E-state index contributed by atoms with van der Waals surface area (Å²) in [6.45, 7) is 1.34. The van der Waals surface area contributed by atoms with Crippen LogP contribution in [0.2, 0.25) is 5.02 Å². The Bertz CT molecular complexity index is 936. The zero-order valence-corrected chi connectivity index (χ0v) is 14.4. The Morgan fingerprint density at radius 1 is 1.20 bits per heavy atom. The molecule has 1 aliphatic rings. The molecule has 1 aromatic heterocycles. The van der Waals surface area contributed by atoms with Crippen LogP contribution in [0, 0.1) is 5.82 Å². The molecule has 2 aromatic carbocycles. The third-order valence-corrected chi connectivity index (χ3v) is 5.06. The molecule has 4 rings (SSSR count). The fraction of sp³-hybridized carbons (Fsp3) is 0.250. The summed E-state index contributed by atoms with van der Waals surface area (Å²) in [4.78, 5) is 17.9. The SMILES string of the molecule is O=C(c1cccc(F)c1)N1CCCC(c2cc3cc(Cl)ccc3[nH]2)C1. The first-order valence-electron chi connectivity index (χ1n) is 8.43. The molecule has 1 amide bonds. The molecule has 5 heteroatoms. The lowest BCUT2D eigenvalue weighted by Gasteiger charge is -2.32. The highest BCUT2D eigenvalue weighted by Gasteiger charge is 2.26. The lowest BCUT2D eigenvalue weighted by atomic mass is 9.94. The Hall–Kier alpha value is -2.33. The molecule has 1 aliphatic heterocycles. The van der Waals surface area contributed by atoms with Crippen LogP contribution in [0.25, 0.3) is 10.9 Å². The van der Waals surface area contributed by atoms with Crippen LogP contribution in [0.1, 0.15) is 34.8 Å². The van der Waals surface area contributed by atoms with Gasteiger partial charge in [0.15, 0.2) is 0 Å². The second-order valence-electron chi connectivity index (χ2n) is 6.56. The van der Waals surface area contributed by atoms with Crippen LogP contribution in [0.15, 0.2) is 48.5 Å². The van der Waals surface area contributed by atoms with Crippen molar-refractivity contribution in [1.82, 2.24) is 9.88 Å². The summed E-state index contributed by atoms with van der Waals surface area (Å²) in [5, 5.41) is 1.79. The maximum absolute atomic E-state index is 13.4. The molecule has 0 aliphatic carbocycles. The van der Waals surface area contributed by atoms with E-state index in [0.717, 1.165) is 29.4 Å². The van der Waals surface area contributed by atoms with Crippen LogP contribution in [0.4, 0.5) is 4.39 Å². The van der Waals surface area contributed by atoms with E-state index in [9.17, 15) is 9.18 Å². The van der Waals surface area contributed by atoms with Gasteiger partial charge in [-0.1, -0.05) is 17.7 Å². The standard InChI is InChI=1S/C20H18ClFN2O/c21-16-6-7-18-15(9-16)11-19(23-18)14-4-2-8-24(12-14)20(25)13-3-1-5-17(22)10-13/h1,3,5-7,9-11,14,23H,2,4,8,12H2. The van der Waals surface area contributed by atoms with Crippen molar-refractivity contribution in [2.45, 2.75) is 18.8 Å². The number of nitrogens with one attached hydrogen (secondary N) is 1. The summed E-state index contributed by atoms with van der Waals surface area (Å²) >= 11 is 6.06. The minimum Gasteiger partial charge on any atom is -0.358 e. The summed E-state index contributed by atoms with van der Waals surface area (Å²) in [6, 6.07) is 13.8. The van der Waals surface area contributed by atoms with Gasteiger partial charge >= 0.3 is 0 Å². The van der Waals surface area contributed by atoms with Crippen molar-refractivity contribution in [2.24, 2.45) is 0 Å². The predicted octanol–water partition coefficient (Wildman–Crippen LogP) is 4.98. The number of rotatable bonds is 2. The van der Waals surface area contributed by atoms with Gasteiger partial charge in [0.2, 0.25) is 0 Å². The van der Waals surface area contributed by atoms with E-state index >= 15 is 0 Å². The number of benzene rings is 2. The number of carbonyl (C=O) groups excluding carboxylic acids is 1. The van der Waals surface area contributed by atoms with Crippen molar-refractivity contribution in [3.63, 3.8) is 0 Å². The first-order chi connectivity index (χ1) is 12.1. The monoisotopic (exact) mass is 356 g/mol. The van der Waals surface area contributed by atoms with E-state index in [1.165, 1.54) is 12.1 Å². The minimum atomic E-state index is -0.382. The van der Waals surface area contributed by atoms with Crippen molar-refractivity contribution in [2.75, 3.05) is 13.1 Å². The van der Waals surface area contributed by atoms with Gasteiger partial charge in [-0.15, -0.1) is 0 Å². The topological polar surface area (TPSA) is 36.1 Å². The normalized spacial score (nSPS) is 17.8. The number of likely N-dealkylation sites (tertiary alicyclic amines) is 1. The van der Waals surface area contributed by atoms with Crippen molar-refractivity contribution in [3.8, 4) is 0 Å². The smallest absolute Gasteiger partial charge is 0.253 e. The number of piperidine rings is 1. The molecule has 3 aromatic rings. The Morgan fingerprint density at radius 3 is 2.92 bits per heavy atom. The van der Waals surface area contributed by atoms with Gasteiger partial charge < -0.3 is 9.88 Å². The van der Waals surface area contributed by atoms with Crippen molar-refractivity contribution in [1.29, 1.82) is 0 Å². The first kappa shape index (κ1) is 16.2. The van der Waals surface area contributed by atoms with Gasteiger partial charge in [-0.05, 0) is 55.3 Å². The van der Waals surface area contributed by atoms with E-state index < -0.39 is 0 Å². The molecule has 2 heterocycles. The molecule has 0 bridgehead atoms. The van der Waals surface area contributed by atoms with Crippen molar-refractivity contribution in [3.05, 3.63) is 70.6 Å². The molecule has 1 atom stereocenters. The highest BCUT2D eigenvalue weighted by atomic mass is 35.5. The fourth-order valence-corrected chi connectivity index (χ4v) is 3.75. The number of halogens is 2. The third-order valence-electron chi connectivity index (χ3n) is 4.82. The van der Waals surface area contributed by atoms with Gasteiger partial charge in [-0.2, -0.15) is 0 Å². The molecule has 1 fully saturated rings. The fourth-order valence-electron chi connectivity index (χ4n) is 3.57. The predicted molar refractivity (Wildman–Crippen MR) is 97.6 cm³/mol. The summed E-state index contributed by atoms with van der Waals surface area (Å²) in [7, 11) is 0. The lowest BCUT2D eigenvalue weighted by molar-refractivity contribution is 0.0705. The Labute approximate surface area is 150 Å². The Balaban J connectivity index is 1.56. The largest absolute Gasteiger partial charge is 0.358 e. The summed E-state index contributed by atoms with van der Waals surface area (Å²) < 4.78 is 13.4. The lowest BCUT2D eigenvalue weighted by Crippen LogP contribution is -2.39. The second-order valence-corrected chi connectivity index (χ2v) is 6.99. The summed E-state index contributed by atoms with van der Waals surface area (Å²) in [5.41, 5.74) is 2.58. The first-order valence-corrected chi connectivity index (χ1v) is 8.81. The number of hydrogen-bond acceptors (Lipinski definition) is 1. The zero-order chi connectivity index (χ0) is 17.4. The molecule has 0 saturated carbocycles. The number of aromatic amines is 1. The van der Waals surface area contributed by atoms with Crippen LogP contribution in [-0.4, -0.2) is 28.9 Å². The third kappa shape index (κ3) is 3.27. The Kier molecular flexibility index (Phi) is 4.22. The van der Waals surface area contributed by atoms with Gasteiger partial charge in [0.05, 0.1) is 0 Å². The zero-order valence-electron chi connectivity index (χ0n) is 13.6. The van der Waals surface area contributed by atoms with Crippen LogP contribution in [0.5, 0.6) is 0 Å². The average molecular weight is 357 g/mol. The second kappa shape index (κ2) is 6.52. The Morgan fingerprint density at radius 2 is 2.08 bits per heavy atom. The van der Waals surface area contributed by atoms with Crippen LogP contribution < -0.4 is 0 Å². The number of amides is 1.